The van der Waals surface area contributed by atoms with Gasteiger partial charge in [-0.05, 0) is 25.0 Å². The van der Waals surface area contributed by atoms with Crippen LogP contribution in [0.1, 0.15) is 12.8 Å². The molecule has 0 unspecified atom stereocenters. The SMILES string of the molecule is C#CCN1CCC(Nc2ccccc2S(C)(=O)=O)CC1. The first-order valence-corrected chi connectivity index (χ1v) is 8.61. The third kappa shape index (κ3) is 3.75. The predicted molar refractivity (Wildman–Crippen MR) is 81.5 cm³/mol. The number of nitrogens with zero attached hydrogens (tertiary/aromatic N) is 1. The summed E-state index contributed by atoms with van der Waals surface area (Å²) in [7, 11) is -3.20. The molecule has 1 fully saturated rings. The molecule has 108 valence electrons. The molecule has 0 bridgehead atoms. The lowest BCUT2D eigenvalue weighted by Gasteiger charge is -2.32. The number of terminal acetylenes is 1. The Morgan fingerprint density at radius 2 is 2.00 bits per heavy atom. The lowest BCUT2D eigenvalue weighted by molar-refractivity contribution is 0.243. The number of hydrogen-bond donors (Lipinski definition) is 1. The zero-order valence-corrected chi connectivity index (χ0v) is 12.5. The molecule has 0 amide bonds. The highest BCUT2D eigenvalue weighted by molar-refractivity contribution is 7.90. The van der Waals surface area contributed by atoms with Gasteiger partial charge in [-0.15, -0.1) is 6.42 Å². The number of likely N-dealkylation sites (tertiary alicyclic amines) is 1. The van der Waals surface area contributed by atoms with Crippen LogP contribution in [0.25, 0.3) is 0 Å². The fraction of sp³-hybridized carbons (Fsp3) is 0.467. The van der Waals surface area contributed by atoms with Crippen LogP contribution >= 0.6 is 0 Å². The number of para-hydroxylation sites is 1. The summed E-state index contributed by atoms with van der Waals surface area (Å²) in [5.41, 5.74) is 0.699. The van der Waals surface area contributed by atoms with E-state index in [1.54, 1.807) is 12.1 Å². The second-order valence-corrected chi connectivity index (χ2v) is 7.15. The molecule has 1 heterocycles. The van der Waals surface area contributed by atoms with Gasteiger partial charge in [-0.3, -0.25) is 4.90 Å². The standard InChI is InChI=1S/C15H20N2O2S/c1-3-10-17-11-8-13(9-12-17)16-14-6-4-5-7-15(14)20(2,18)19/h1,4-7,13,16H,8-12H2,2H3. The van der Waals surface area contributed by atoms with Gasteiger partial charge in [0.1, 0.15) is 0 Å². The Morgan fingerprint density at radius 1 is 1.35 bits per heavy atom. The van der Waals surface area contributed by atoms with Crippen LogP contribution in [-0.2, 0) is 9.84 Å². The van der Waals surface area contributed by atoms with Crippen LogP contribution in [0.2, 0.25) is 0 Å². The first-order chi connectivity index (χ1) is 9.50. The lowest BCUT2D eigenvalue weighted by atomic mass is 10.0. The van der Waals surface area contributed by atoms with E-state index in [4.69, 9.17) is 6.42 Å². The molecule has 0 radical (unpaired) electrons. The molecule has 0 spiro atoms. The number of sulfone groups is 1. The normalized spacial score (nSPS) is 17.6. The Morgan fingerprint density at radius 3 is 2.60 bits per heavy atom. The van der Waals surface area contributed by atoms with Crippen LogP contribution in [-0.4, -0.2) is 45.2 Å². The average molecular weight is 292 g/mol. The van der Waals surface area contributed by atoms with Crippen molar-refractivity contribution in [3.63, 3.8) is 0 Å². The minimum absolute atomic E-state index is 0.298. The first kappa shape index (κ1) is 14.9. The summed E-state index contributed by atoms with van der Waals surface area (Å²) in [6.07, 6.45) is 8.49. The maximum Gasteiger partial charge on any atom is 0.177 e. The van der Waals surface area contributed by atoms with Crippen LogP contribution in [0.5, 0.6) is 0 Å². The molecule has 2 rings (SSSR count). The van der Waals surface area contributed by atoms with Crippen LogP contribution < -0.4 is 5.32 Å². The van der Waals surface area contributed by atoms with Gasteiger partial charge in [-0.2, -0.15) is 0 Å². The number of hydrogen-bond acceptors (Lipinski definition) is 4. The second-order valence-electron chi connectivity index (χ2n) is 5.17. The minimum Gasteiger partial charge on any atom is -0.381 e. The molecule has 20 heavy (non-hydrogen) atoms. The molecular formula is C15H20N2O2S. The highest BCUT2D eigenvalue weighted by Crippen LogP contribution is 2.23. The van der Waals surface area contributed by atoms with E-state index in [-0.39, 0.29) is 0 Å². The van der Waals surface area contributed by atoms with Crippen LogP contribution in [0.3, 0.4) is 0 Å². The van der Waals surface area contributed by atoms with Crippen LogP contribution in [0.4, 0.5) is 5.69 Å². The van der Waals surface area contributed by atoms with E-state index in [0.717, 1.165) is 25.9 Å². The van der Waals surface area contributed by atoms with Gasteiger partial charge in [0.05, 0.1) is 17.1 Å². The molecule has 0 aliphatic carbocycles. The van der Waals surface area contributed by atoms with Crippen molar-refractivity contribution >= 4 is 15.5 Å². The Balaban J connectivity index is 2.04. The Bertz CT molecular complexity index is 597. The van der Waals surface area contributed by atoms with E-state index in [1.165, 1.54) is 6.26 Å². The van der Waals surface area contributed by atoms with E-state index >= 15 is 0 Å². The van der Waals surface area contributed by atoms with Gasteiger partial charge in [-0.25, -0.2) is 8.42 Å². The van der Waals surface area contributed by atoms with E-state index in [2.05, 4.69) is 16.1 Å². The Kier molecular flexibility index (Phi) is 4.69. The molecule has 5 heteroatoms. The fourth-order valence-electron chi connectivity index (χ4n) is 2.49. The molecular weight excluding hydrogens is 272 g/mol. The maximum atomic E-state index is 11.8. The third-order valence-corrected chi connectivity index (χ3v) is 4.70. The molecule has 1 N–H and O–H groups in total. The van der Waals surface area contributed by atoms with Crippen molar-refractivity contribution in [2.24, 2.45) is 0 Å². The highest BCUT2D eigenvalue weighted by Gasteiger charge is 2.20. The average Bonchev–Trinajstić information content (AvgIpc) is 2.41. The highest BCUT2D eigenvalue weighted by atomic mass is 32.2. The first-order valence-electron chi connectivity index (χ1n) is 6.72. The molecule has 1 aliphatic rings. The molecule has 0 atom stereocenters. The van der Waals surface area contributed by atoms with Gasteiger partial charge >= 0.3 is 0 Å². The van der Waals surface area contributed by atoms with Gasteiger partial charge in [0.15, 0.2) is 9.84 Å². The zero-order valence-electron chi connectivity index (χ0n) is 11.7. The molecule has 0 aromatic heterocycles. The van der Waals surface area contributed by atoms with Gasteiger partial charge < -0.3 is 5.32 Å². The number of piperidine rings is 1. The largest absolute Gasteiger partial charge is 0.381 e. The summed E-state index contributed by atoms with van der Waals surface area (Å²) in [6.45, 7) is 2.58. The summed E-state index contributed by atoms with van der Waals surface area (Å²) < 4.78 is 23.5. The van der Waals surface area contributed by atoms with Crippen molar-refractivity contribution in [3.05, 3.63) is 24.3 Å². The van der Waals surface area contributed by atoms with Crippen LogP contribution in [0.15, 0.2) is 29.2 Å². The number of rotatable bonds is 4. The second kappa shape index (κ2) is 6.29. The summed E-state index contributed by atoms with van der Waals surface area (Å²) >= 11 is 0. The van der Waals surface area contributed by atoms with Crippen LogP contribution in [0, 0.1) is 12.3 Å². The van der Waals surface area contributed by atoms with Gasteiger partial charge in [0, 0.05) is 25.4 Å². The predicted octanol–water partition coefficient (Wildman–Crippen LogP) is 1.60. The van der Waals surface area contributed by atoms with Crippen molar-refractivity contribution < 1.29 is 8.42 Å². The van der Waals surface area contributed by atoms with Crippen molar-refractivity contribution in [2.45, 2.75) is 23.8 Å². The van der Waals surface area contributed by atoms with Crippen molar-refractivity contribution in [2.75, 3.05) is 31.2 Å². The number of nitrogens with one attached hydrogen (secondary N) is 1. The minimum atomic E-state index is -3.20. The van der Waals surface area contributed by atoms with E-state index in [0.29, 0.717) is 23.2 Å². The number of anilines is 1. The maximum absolute atomic E-state index is 11.8. The smallest absolute Gasteiger partial charge is 0.177 e. The lowest BCUT2D eigenvalue weighted by Crippen LogP contribution is -2.39. The van der Waals surface area contributed by atoms with Crippen molar-refractivity contribution in [3.8, 4) is 12.3 Å². The third-order valence-electron chi connectivity index (χ3n) is 3.55. The summed E-state index contributed by atoms with van der Waals surface area (Å²) in [6, 6.07) is 7.36. The quantitative estimate of drug-likeness (QED) is 0.857. The summed E-state index contributed by atoms with van der Waals surface area (Å²) in [4.78, 5) is 2.60. The molecule has 1 aromatic carbocycles. The summed E-state index contributed by atoms with van der Waals surface area (Å²) in [5.74, 6) is 2.66. The van der Waals surface area contributed by atoms with Gasteiger partial charge in [0.25, 0.3) is 0 Å². The number of benzene rings is 1. The molecule has 1 saturated heterocycles. The van der Waals surface area contributed by atoms with Gasteiger partial charge in [-0.1, -0.05) is 18.1 Å². The zero-order chi connectivity index (χ0) is 14.6. The fourth-order valence-corrected chi connectivity index (χ4v) is 3.35. The van der Waals surface area contributed by atoms with E-state index in [9.17, 15) is 8.42 Å². The molecule has 1 aliphatic heterocycles. The molecule has 0 saturated carbocycles. The Hall–Kier alpha value is -1.51. The molecule has 1 aromatic rings. The van der Waals surface area contributed by atoms with Crippen molar-refractivity contribution in [1.29, 1.82) is 0 Å². The van der Waals surface area contributed by atoms with Gasteiger partial charge in [0.2, 0.25) is 0 Å². The topological polar surface area (TPSA) is 49.4 Å². The molecule has 4 nitrogen and oxygen atoms in total. The van der Waals surface area contributed by atoms with E-state index < -0.39 is 9.84 Å². The summed E-state index contributed by atoms with van der Waals surface area (Å²) in [5, 5.41) is 3.36. The van der Waals surface area contributed by atoms with Crippen molar-refractivity contribution in [1.82, 2.24) is 4.90 Å². The van der Waals surface area contributed by atoms with E-state index in [1.807, 2.05) is 12.1 Å². The monoisotopic (exact) mass is 292 g/mol. The Labute approximate surface area is 121 Å².